The SMILES string of the molecule is CCNC(=O)[C@@H](C)N(Cc1cccc(Br)c1)C(=O)CCCN(c1ccccc1OCC)S(C)(=O)=O. The summed E-state index contributed by atoms with van der Waals surface area (Å²) < 4.78 is 32.9. The number of rotatable bonds is 13. The molecule has 0 saturated heterocycles. The first-order chi connectivity index (χ1) is 16.6. The van der Waals surface area contributed by atoms with Gasteiger partial charge in [-0.2, -0.15) is 0 Å². The van der Waals surface area contributed by atoms with Gasteiger partial charge < -0.3 is 15.0 Å². The average Bonchev–Trinajstić information content (AvgIpc) is 2.80. The quantitative estimate of drug-likeness (QED) is 0.395. The van der Waals surface area contributed by atoms with Crippen molar-refractivity contribution in [2.24, 2.45) is 0 Å². The lowest BCUT2D eigenvalue weighted by atomic mass is 10.1. The van der Waals surface area contributed by atoms with E-state index in [2.05, 4.69) is 21.2 Å². The van der Waals surface area contributed by atoms with Gasteiger partial charge in [-0.3, -0.25) is 13.9 Å². The van der Waals surface area contributed by atoms with E-state index in [1.165, 1.54) is 9.21 Å². The molecule has 0 aliphatic rings. The lowest BCUT2D eigenvalue weighted by Gasteiger charge is -2.29. The summed E-state index contributed by atoms with van der Waals surface area (Å²) in [5.41, 5.74) is 1.32. The summed E-state index contributed by atoms with van der Waals surface area (Å²) in [7, 11) is -3.61. The summed E-state index contributed by atoms with van der Waals surface area (Å²) in [5.74, 6) is 0.00224. The van der Waals surface area contributed by atoms with Crippen LogP contribution in [0.4, 0.5) is 5.69 Å². The van der Waals surface area contributed by atoms with Crippen molar-refractivity contribution in [2.45, 2.75) is 46.2 Å². The summed E-state index contributed by atoms with van der Waals surface area (Å²) in [6, 6.07) is 13.8. The standard InChI is InChI=1S/C25H34BrN3O5S/c1-5-27-25(31)19(3)28(18-20-11-9-12-21(26)17-20)24(30)15-10-16-29(35(4,32)33)22-13-7-8-14-23(22)34-6-2/h7-9,11-14,17,19H,5-6,10,15-16,18H2,1-4H3,(H,27,31)/t19-/m1/s1. The van der Waals surface area contributed by atoms with Gasteiger partial charge in [0, 0.05) is 30.5 Å². The van der Waals surface area contributed by atoms with Gasteiger partial charge in [-0.05, 0) is 57.0 Å². The van der Waals surface area contributed by atoms with E-state index in [1.54, 1.807) is 31.2 Å². The average molecular weight is 569 g/mol. The van der Waals surface area contributed by atoms with Crippen LogP contribution in [0.25, 0.3) is 0 Å². The van der Waals surface area contributed by atoms with Gasteiger partial charge in [0.15, 0.2) is 0 Å². The van der Waals surface area contributed by atoms with Gasteiger partial charge in [0.25, 0.3) is 0 Å². The van der Waals surface area contributed by atoms with Crippen LogP contribution in [0.1, 0.15) is 39.2 Å². The van der Waals surface area contributed by atoms with E-state index in [1.807, 2.05) is 38.1 Å². The first kappa shape index (κ1) is 28.6. The largest absolute Gasteiger partial charge is 0.492 e. The van der Waals surface area contributed by atoms with Crippen LogP contribution in [0.5, 0.6) is 5.75 Å². The normalized spacial score (nSPS) is 12.0. The number of ether oxygens (including phenoxy) is 1. The minimum atomic E-state index is -3.61. The highest BCUT2D eigenvalue weighted by atomic mass is 79.9. The van der Waals surface area contributed by atoms with Crippen molar-refractivity contribution in [3.8, 4) is 5.75 Å². The predicted molar refractivity (Wildman–Crippen MR) is 142 cm³/mol. The van der Waals surface area contributed by atoms with E-state index in [-0.39, 0.29) is 37.7 Å². The molecule has 10 heteroatoms. The molecule has 1 N–H and O–H groups in total. The third kappa shape index (κ3) is 8.54. The van der Waals surface area contributed by atoms with Crippen LogP contribution in [-0.4, -0.2) is 57.1 Å². The van der Waals surface area contributed by atoms with Crippen LogP contribution in [-0.2, 0) is 26.2 Å². The Hall–Kier alpha value is -2.59. The van der Waals surface area contributed by atoms with Gasteiger partial charge in [-0.25, -0.2) is 8.42 Å². The Kier molecular flexibility index (Phi) is 11.0. The number of halogens is 1. The number of likely N-dealkylation sites (N-methyl/N-ethyl adjacent to an activating group) is 1. The molecule has 0 saturated carbocycles. The van der Waals surface area contributed by atoms with Crippen LogP contribution in [0.15, 0.2) is 53.0 Å². The molecule has 0 aromatic heterocycles. The van der Waals surface area contributed by atoms with Gasteiger partial charge in [0.05, 0.1) is 18.6 Å². The zero-order chi connectivity index (χ0) is 26.0. The number of amides is 2. The Morgan fingerprint density at radius 2 is 1.83 bits per heavy atom. The molecular formula is C25H34BrN3O5S. The minimum absolute atomic E-state index is 0.0839. The number of benzene rings is 2. The fourth-order valence-electron chi connectivity index (χ4n) is 3.66. The molecular weight excluding hydrogens is 534 g/mol. The minimum Gasteiger partial charge on any atom is -0.492 e. The molecule has 0 radical (unpaired) electrons. The topological polar surface area (TPSA) is 96.0 Å². The molecule has 2 amide bonds. The number of carbonyl (C=O) groups is 2. The van der Waals surface area contributed by atoms with Gasteiger partial charge in [-0.1, -0.05) is 40.2 Å². The smallest absolute Gasteiger partial charge is 0.242 e. The predicted octanol–water partition coefficient (Wildman–Crippen LogP) is 3.95. The second-order valence-electron chi connectivity index (χ2n) is 8.06. The van der Waals surface area contributed by atoms with Crippen molar-refractivity contribution in [1.82, 2.24) is 10.2 Å². The third-order valence-electron chi connectivity index (χ3n) is 5.35. The molecule has 8 nitrogen and oxygen atoms in total. The van der Waals surface area contributed by atoms with Crippen molar-refractivity contribution in [3.05, 3.63) is 58.6 Å². The van der Waals surface area contributed by atoms with E-state index in [0.29, 0.717) is 24.6 Å². The highest BCUT2D eigenvalue weighted by Crippen LogP contribution is 2.30. The van der Waals surface area contributed by atoms with Crippen LogP contribution < -0.4 is 14.4 Å². The van der Waals surface area contributed by atoms with Crippen molar-refractivity contribution in [3.63, 3.8) is 0 Å². The number of sulfonamides is 1. The molecule has 0 unspecified atom stereocenters. The van der Waals surface area contributed by atoms with Crippen molar-refractivity contribution >= 4 is 43.5 Å². The molecule has 0 fully saturated rings. The summed E-state index contributed by atoms with van der Waals surface area (Å²) >= 11 is 3.44. The molecule has 35 heavy (non-hydrogen) atoms. The highest BCUT2D eigenvalue weighted by Gasteiger charge is 2.27. The second-order valence-corrected chi connectivity index (χ2v) is 10.9. The van der Waals surface area contributed by atoms with E-state index < -0.39 is 16.1 Å². The molecule has 192 valence electrons. The maximum Gasteiger partial charge on any atom is 0.242 e. The lowest BCUT2D eigenvalue weighted by molar-refractivity contribution is -0.140. The molecule has 0 bridgehead atoms. The number of nitrogens with one attached hydrogen (secondary N) is 1. The number of hydrogen-bond donors (Lipinski definition) is 1. The molecule has 0 aliphatic heterocycles. The highest BCUT2D eigenvalue weighted by molar-refractivity contribution is 9.10. The van der Waals surface area contributed by atoms with E-state index in [0.717, 1.165) is 16.3 Å². The Morgan fingerprint density at radius 1 is 1.11 bits per heavy atom. The van der Waals surface area contributed by atoms with Crippen LogP contribution in [0.2, 0.25) is 0 Å². The van der Waals surface area contributed by atoms with Crippen LogP contribution in [0, 0.1) is 0 Å². The fraction of sp³-hybridized carbons (Fsp3) is 0.440. The number of carbonyl (C=O) groups excluding carboxylic acids is 2. The van der Waals surface area contributed by atoms with Crippen molar-refractivity contribution < 1.29 is 22.7 Å². The van der Waals surface area contributed by atoms with E-state index in [9.17, 15) is 18.0 Å². The van der Waals surface area contributed by atoms with Crippen LogP contribution >= 0.6 is 15.9 Å². The summed E-state index contributed by atoms with van der Waals surface area (Å²) in [6.07, 6.45) is 1.50. The molecule has 2 aromatic rings. The first-order valence-electron chi connectivity index (χ1n) is 11.6. The van der Waals surface area contributed by atoms with Gasteiger partial charge in [-0.15, -0.1) is 0 Å². The lowest BCUT2D eigenvalue weighted by Crippen LogP contribution is -2.47. The number of anilines is 1. The molecule has 0 heterocycles. The first-order valence-corrected chi connectivity index (χ1v) is 14.2. The monoisotopic (exact) mass is 567 g/mol. The third-order valence-corrected chi connectivity index (χ3v) is 7.02. The Morgan fingerprint density at radius 3 is 2.46 bits per heavy atom. The molecule has 2 rings (SSSR count). The summed E-state index contributed by atoms with van der Waals surface area (Å²) in [4.78, 5) is 27.3. The Bertz CT molecular complexity index is 1110. The summed E-state index contributed by atoms with van der Waals surface area (Å²) in [5, 5.41) is 2.77. The molecule has 2 aromatic carbocycles. The van der Waals surface area contributed by atoms with E-state index >= 15 is 0 Å². The maximum absolute atomic E-state index is 13.3. The molecule has 1 atom stereocenters. The number of nitrogens with zero attached hydrogens (tertiary/aromatic N) is 2. The van der Waals surface area contributed by atoms with Crippen LogP contribution in [0.3, 0.4) is 0 Å². The van der Waals surface area contributed by atoms with E-state index in [4.69, 9.17) is 4.74 Å². The van der Waals surface area contributed by atoms with Gasteiger partial charge in [0.1, 0.15) is 11.8 Å². The zero-order valence-corrected chi connectivity index (χ0v) is 23.1. The maximum atomic E-state index is 13.3. The van der Waals surface area contributed by atoms with Gasteiger partial charge >= 0.3 is 0 Å². The zero-order valence-electron chi connectivity index (χ0n) is 20.7. The Balaban J connectivity index is 2.19. The number of para-hydroxylation sites is 2. The molecule has 0 aliphatic carbocycles. The second kappa shape index (κ2) is 13.5. The van der Waals surface area contributed by atoms with Crippen molar-refractivity contribution in [2.75, 3.05) is 30.3 Å². The fourth-order valence-corrected chi connectivity index (χ4v) is 5.08. The van der Waals surface area contributed by atoms with Crippen molar-refractivity contribution in [1.29, 1.82) is 0 Å². The number of hydrogen-bond acceptors (Lipinski definition) is 5. The molecule has 0 spiro atoms. The summed E-state index contributed by atoms with van der Waals surface area (Å²) in [6.45, 7) is 6.58. The van der Waals surface area contributed by atoms with Gasteiger partial charge in [0.2, 0.25) is 21.8 Å². The Labute approximate surface area is 216 Å².